The van der Waals surface area contributed by atoms with Crippen molar-refractivity contribution in [2.45, 2.75) is 33.1 Å². The molecule has 0 fully saturated rings. The summed E-state index contributed by atoms with van der Waals surface area (Å²) in [4.78, 5) is 0. The van der Waals surface area contributed by atoms with Crippen LogP contribution in [-0.2, 0) is 0 Å². The van der Waals surface area contributed by atoms with E-state index in [-0.39, 0.29) is 0 Å². The Hall–Kier alpha value is -1.30. The van der Waals surface area contributed by atoms with Gasteiger partial charge >= 0.3 is 0 Å². The van der Waals surface area contributed by atoms with Crippen LogP contribution < -0.4 is 0 Å². The van der Waals surface area contributed by atoms with E-state index < -0.39 is 0 Å². The number of benzene rings is 1. The molecule has 0 bridgehead atoms. The first-order valence-corrected chi connectivity index (χ1v) is 5.59. The molecule has 0 nitrogen and oxygen atoms in total. The van der Waals surface area contributed by atoms with Crippen molar-refractivity contribution < 1.29 is 0 Å². The minimum Gasteiger partial charge on any atom is -0.0807 e. The normalized spacial score (nSPS) is 20.2. The first-order valence-electron chi connectivity index (χ1n) is 5.59. The lowest BCUT2D eigenvalue weighted by atomic mass is 9.89. The first-order chi connectivity index (χ1) is 7.16. The number of aryl methyl sites for hydroxylation is 2. The van der Waals surface area contributed by atoms with Gasteiger partial charge in [-0.3, -0.25) is 0 Å². The summed E-state index contributed by atoms with van der Waals surface area (Å²) < 4.78 is 0. The van der Waals surface area contributed by atoms with Crippen molar-refractivity contribution in [1.29, 1.82) is 0 Å². The van der Waals surface area contributed by atoms with Gasteiger partial charge < -0.3 is 0 Å². The van der Waals surface area contributed by atoms with Crippen LogP contribution in [0, 0.1) is 13.8 Å². The fraction of sp³-hybridized carbons (Fsp3) is 0.333. The zero-order valence-corrected chi connectivity index (χ0v) is 9.75. The van der Waals surface area contributed by atoms with Crippen LogP contribution in [0.1, 0.15) is 36.0 Å². The van der Waals surface area contributed by atoms with Crippen LogP contribution in [0.25, 0.3) is 0 Å². The third kappa shape index (κ3) is 2.20. The average molecular weight is 198 g/mol. The van der Waals surface area contributed by atoms with Crippen molar-refractivity contribution in [1.82, 2.24) is 0 Å². The van der Waals surface area contributed by atoms with Crippen LogP contribution in [0.15, 0.2) is 42.0 Å². The molecule has 0 amide bonds. The van der Waals surface area contributed by atoms with Gasteiger partial charge in [0.15, 0.2) is 0 Å². The standard InChI is InChI=1S/C15H18/c1-11-4-7-14(8-5-11)15-9-6-12(2)13(3)10-15/h4-7,9-10,14H,8H2,1-3H3. The van der Waals surface area contributed by atoms with Gasteiger partial charge in [0.1, 0.15) is 0 Å². The van der Waals surface area contributed by atoms with Gasteiger partial charge in [-0.1, -0.05) is 42.0 Å². The summed E-state index contributed by atoms with van der Waals surface area (Å²) >= 11 is 0. The second-order valence-corrected chi connectivity index (χ2v) is 4.49. The molecule has 0 saturated heterocycles. The van der Waals surface area contributed by atoms with E-state index in [1.54, 1.807) is 0 Å². The van der Waals surface area contributed by atoms with Gasteiger partial charge in [-0.2, -0.15) is 0 Å². The maximum atomic E-state index is 2.32. The van der Waals surface area contributed by atoms with E-state index in [0.29, 0.717) is 5.92 Å². The van der Waals surface area contributed by atoms with Gasteiger partial charge in [-0.25, -0.2) is 0 Å². The summed E-state index contributed by atoms with van der Waals surface area (Å²) in [7, 11) is 0. The molecule has 1 aromatic rings. The predicted molar refractivity (Wildman–Crippen MR) is 66.2 cm³/mol. The van der Waals surface area contributed by atoms with Gasteiger partial charge in [0.05, 0.1) is 0 Å². The molecule has 1 aromatic carbocycles. The summed E-state index contributed by atoms with van der Waals surface area (Å²) in [5.41, 5.74) is 5.60. The topological polar surface area (TPSA) is 0 Å². The van der Waals surface area contributed by atoms with Crippen molar-refractivity contribution in [3.8, 4) is 0 Å². The lowest BCUT2D eigenvalue weighted by Gasteiger charge is -2.16. The third-order valence-corrected chi connectivity index (χ3v) is 3.24. The number of allylic oxidation sites excluding steroid dienone is 4. The van der Waals surface area contributed by atoms with Gasteiger partial charge in [-0.05, 0) is 43.9 Å². The summed E-state index contributed by atoms with van der Waals surface area (Å²) in [5.74, 6) is 0.577. The van der Waals surface area contributed by atoms with Gasteiger partial charge in [0.25, 0.3) is 0 Å². The summed E-state index contributed by atoms with van der Waals surface area (Å²) in [6, 6.07) is 6.80. The molecule has 0 radical (unpaired) electrons. The minimum atomic E-state index is 0.577. The predicted octanol–water partition coefficient (Wildman–Crippen LogP) is 4.29. The van der Waals surface area contributed by atoms with Crippen molar-refractivity contribution >= 4 is 0 Å². The molecule has 0 aromatic heterocycles. The molecule has 0 aliphatic heterocycles. The van der Waals surface area contributed by atoms with Crippen molar-refractivity contribution in [3.63, 3.8) is 0 Å². The highest BCUT2D eigenvalue weighted by atomic mass is 14.1. The van der Waals surface area contributed by atoms with Crippen LogP contribution in [0.2, 0.25) is 0 Å². The van der Waals surface area contributed by atoms with E-state index in [1.165, 1.54) is 22.3 Å². The summed E-state index contributed by atoms with van der Waals surface area (Å²) in [6.07, 6.45) is 8.01. The fourth-order valence-electron chi connectivity index (χ4n) is 1.97. The molecule has 1 aliphatic carbocycles. The summed E-state index contributed by atoms with van der Waals surface area (Å²) in [6.45, 7) is 6.51. The zero-order chi connectivity index (χ0) is 10.8. The van der Waals surface area contributed by atoms with E-state index in [2.05, 4.69) is 57.2 Å². The second kappa shape index (κ2) is 4.06. The highest BCUT2D eigenvalue weighted by Crippen LogP contribution is 2.27. The molecule has 0 N–H and O–H groups in total. The highest BCUT2D eigenvalue weighted by molar-refractivity contribution is 5.36. The monoisotopic (exact) mass is 198 g/mol. The molecule has 2 rings (SSSR count). The molecular formula is C15H18. The van der Waals surface area contributed by atoms with Gasteiger partial charge in [0.2, 0.25) is 0 Å². The van der Waals surface area contributed by atoms with E-state index >= 15 is 0 Å². The Labute approximate surface area is 92.3 Å². The Bertz CT molecular complexity index is 422. The maximum absolute atomic E-state index is 2.32. The van der Waals surface area contributed by atoms with Crippen LogP contribution in [0.5, 0.6) is 0 Å². The molecule has 1 aliphatic rings. The van der Waals surface area contributed by atoms with Crippen LogP contribution in [0.3, 0.4) is 0 Å². The largest absolute Gasteiger partial charge is 0.0807 e. The lowest BCUT2D eigenvalue weighted by molar-refractivity contribution is 0.843. The van der Waals surface area contributed by atoms with E-state index in [1.807, 2.05) is 0 Å². The maximum Gasteiger partial charge on any atom is 0.00560 e. The Morgan fingerprint density at radius 1 is 1.07 bits per heavy atom. The molecule has 0 heterocycles. The smallest absolute Gasteiger partial charge is 0.00560 e. The van der Waals surface area contributed by atoms with Gasteiger partial charge in [0, 0.05) is 5.92 Å². The number of hydrogen-bond acceptors (Lipinski definition) is 0. The minimum absolute atomic E-state index is 0.577. The molecule has 78 valence electrons. The third-order valence-electron chi connectivity index (χ3n) is 3.24. The van der Waals surface area contributed by atoms with Crippen LogP contribution >= 0.6 is 0 Å². The second-order valence-electron chi connectivity index (χ2n) is 4.49. The van der Waals surface area contributed by atoms with Gasteiger partial charge in [-0.15, -0.1) is 0 Å². The lowest BCUT2D eigenvalue weighted by Crippen LogP contribution is -1.98. The van der Waals surface area contributed by atoms with Crippen LogP contribution in [-0.4, -0.2) is 0 Å². The Balaban J connectivity index is 2.25. The molecule has 0 heteroatoms. The fourth-order valence-corrected chi connectivity index (χ4v) is 1.97. The zero-order valence-electron chi connectivity index (χ0n) is 9.75. The van der Waals surface area contributed by atoms with E-state index in [4.69, 9.17) is 0 Å². The molecule has 15 heavy (non-hydrogen) atoms. The van der Waals surface area contributed by atoms with E-state index in [0.717, 1.165) is 6.42 Å². The molecule has 1 unspecified atom stereocenters. The number of hydrogen-bond donors (Lipinski definition) is 0. The molecular weight excluding hydrogens is 180 g/mol. The molecule has 0 saturated carbocycles. The molecule has 1 atom stereocenters. The Kier molecular flexibility index (Phi) is 2.77. The van der Waals surface area contributed by atoms with Crippen molar-refractivity contribution in [3.05, 3.63) is 58.7 Å². The quantitative estimate of drug-likeness (QED) is 0.631. The Morgan fingerprint density at radius 3 is 2.47 bits per heavy atom. The first kappa shape index (κ1) is 10.2. The molecule has 0 spiro atoms. The van der Waals surface area contributed by atoms with E-state index in [9.17, 15) is 0 Å². The highest BCUT2D eigenvalue weighted by Gasteiger charge is 2.10. The number of rotatable bonds is 1. The SMILES string of the molecule is CC1=CCC(c2ccc(C)c(C)c2)C=C1. The van der Waals surface area contributed by atoms with Crippen LogP contribution in [0.4, 0.5) is 0 Å². The van der Waals surface area contributed by atoms with Crippen molar-refractivity contribution in [2.75, 3.05) is 0 Å². The van der Waals surface area contributed by atoms with Crippen molar-refractivity contribution in [2.24, 2.45) is 0 Å². The summed E-state index contributed by atoms with van der Waals surface area (Å²) in [5, 5.41) is 0. The average Bonchev–Trinajstić information content (AvgIpc) is 2.23. The Morgan fingerprint density at radius 2 is 1.87 bits per heavy atom.